The lowest BCUT2D eigenvalue weighted by atomic mass is 9.98. The number of aliphatic hydroxyl groups excluding tert-OH is 1. The van der Waals surface area contributed by atoms with Gasteiger partial charge in [-0.05, 0) is 11.7 Å². The van der Waals surface area contributed by atoms with E-state index in [1.165, 1.54) is 17.8 Å². The number of aliphatic hydroxyl groups is 1. The number of hydrogen-bond acceptors (Lipinski definition) is 6. The van der Waals surface area contributed by atoms with Gasteiger partial charge in [-0.2, -0.15) is 0 Å². The first kappa shape index (κ1) is 15.1. The highest BCUT2D eigenvalue weighted by Crippen LogP contribution is 2.30. The van der Waals surface area contributed by atoms with Gasteiger partial charge in [0.05, 0.1) is 23.7 Å². The van der Waals surface area contributed by atoms with Crippen LogP contribution in [0.15, 0.2) is 34.3 Å². The lowest BCUT2D eigenvalue weighted by molar-refractivity contribution is 0.174. The van der Waals surface area contributed by atoms with E-state index in [1.54, 1.807) is 5.41 Å². The molecule has 1 aliphatic carbocycles. The minimum absolute atomic E-state index is 0.0346. The van der Waals surface area contributed by atoms with E-state index < -0.39 is 5.83 Å². The van der Waals surface area contributed by atoms with E-state index in [9.17, 15) is 9.50 Å². The van der Waals surface area contributed by atoms with Gasteiger partial charge < -0.3 is 21.1 Å². The number of nitrogens with one attached hydrogen (secondary N) is 2. The Bertz CT molecular complexity index is 501. The van der Waals surface area contributed by atoms with Crippen molar-refractivity contribution in [2.75, 3.05) is 32.5 Å². The Kier molecular flexibility index (Phi) is 4.85. The van der Waals surface area contributed by atoms with Crippen molar-refractivity contribution >= 4 is 17.5 Å². The average molecular weight is 298 g/mol. The first-order chi connectivity index (χ1) is 9.58. The molecule has 1 saturated heterocycles. The third-order valence-corrected chi connectivity index (χ3v) is 3.82. The van der Waals surface area contributed by atoms with Gasteiger partial charge in [0.25, 0.3) is 0 Å². The second-order valence-electron chi connectivity index (χ2n) is 4.72. The molecule has 2 aliphatic rings. The summed E-state index contributed by atoms with van der Waals surface area (Å²) in [6.45, 7) is 2.04. The molecule has 1 aliphatic heterocycles. The summed E-state index contributed by atoms with van der Waals surface area (Å²) in [5.74, 6) is -0.611. The Balaban J connectivity index is 2.37. The average Bonchev–Trinajstić information content (AvgIpc) is 2.45. The van der Waals surface area contributed by atoms with Crippen LogP contribution in [0.25, 0.3) is 0 Å². The van der Waals surface area contributed by atoms with Crippen LogP contribution in [0.1, 0.15) is 0 Å². The largest absolute Gasteiger partial charge is 0.397 e. The summed E-state index contributed by atoms with van der Waals surface area (Å²) in [5.41, 5.74) is 7.35. The Hall–Kier alpha value is -1.31. The molecular weight excluding hydrogens is 279 g/mol. The zero-order valence-corrected chi connectivity index (χ0v) is 12.1. The lowest BCUT2D eigenvalue weighted by Crippen LogP contribution is -2.52. The van der Waals surface area contributed by atoms with Crippen LogP contribution in [0.4, 0.5) is 4.39 Å². The molecule has 0 saturated carbocycles. The Morgan fingerprint density at radius 1 is 1.70 bits per heavy atom. The Morgan fingerprint density at radius 3 is 3.10 bits per heavy atom. The summed E-state index contributed by atoms with van der Waals surface area (Å²) >= 11 is 1.41. The van der Waals surface area contributed by atoms with Crippen LogP contribution in [-0.4, -0.2) is 54.3 Å². The smallest absolute Gasteiger partial charge is 0.150 e. The molecule has 2 rings (SSSR count). The fourth-order valence-corrected chi connectivity index (χ4v) is 2.88. The van der Waals surface area contributed by atoms with Crippen LogP contribution in [0.2, 0.25) is 0 Å². The molecule has 0 amide bonds. The van der Waals surface area contributed by atoms with Crippen molar-refractivity contribution in [1.29, 1.82) is 5.41 Å². The monoisotopic (exact) mass is 298 g/mol. The van der Waals surface area contributed by atoms with Gasteiger partial charge >= 0.3 is 0 Å². The van der Waals surface area contributed by atoms with Crippen LogP contribution in [0.3, 0.4) is 0 Å². The van der Waals surface area contributed by atoms with E-state index in [1.807, 2.05) is 11.2 Å². The van der Waals surface area contributed by atoms with Gasteiger partial charge in [-0.15, -0.1) is 11.8 Å². The molecule has 1 fully saturated rings. The fraction of sp³-hybridized carbons (Fsp3) is 0.462. The zero-order chi connectivity index (χ0) is 14.7. The molecule has 5 N–H and O–H groups in total. The number of halogens is 1. The van der Waals surface area contributed by atoms with Crippen molar-refractivity contribution in [3.8, 4) is 0 Å². The van der Waals surface area contributed by atoms with E-state index in [0.717, 1.165) is 0 Å². The molecular formula is C13H19FN4OS. The van der Waals surface area contributed by atoms with Crippen molar-refractivity contribution in [1.82, 2.24) is 10.2 Å². The first-order valence-corrected chi connectivity index (χ1v) is 7.66. The van der Waals surface area contributed by atoms with E-state index in [4.69, 9.17) is 11.1 Å². The summed E-state index contributed by atoms with van der Waals surface area (Å²) < 4.78 is 13.7. The van der Waals surface area contributed by atoms with Gasteiger partial charge in [-0.1, -0.05) is 0 Å². The summed E-state index contributed by atoms with van der Waals surface area (Å²) in [6, 6.07) is -0.0375. The van der Waals surface area contributed by atoms with Crippen LogP contribution in [0, 0.1) is 5.41 Å². The highest BCUT2D eigenvalue weighted by atomic mass is 32.2. The topological polar surface area (TPSA) is 85.4 Å². The van der Waals surface area contributed by atoms with Gasteiger partial charge in [-0.25, -0.2) is 4.39 Å². The van der Waals surface area contributed by atoms with Crippen LogP contribution in [0.5, 0.6) is 0 Å². The molecule has 1 atom stereocenters. The van der Waals surface area contributed by atoms with E-state index >= 15 is 0 Å². The predicted molar refractivity (Wildman–Crippen MR) is 80.2 cm³/mol. The SMILES string of the molecule is CS/C=C1\C(=N)C(F)=CC(N)=C1N1CCNC(CO)C1. The molecule has 0 aromatic heterocycles. The minimum atomic E-state index is -0.611. The number of allylic oxidation sites excluding steroid dienone is 3. The lowest BCUT2D eigenvalue weighted by Gasteiger charge is -2.38. The summed E-state index contributed by atoms with van der Waals surface area (Å²) in [5, 5.41) is 22.1. The molecule has 110 valence electrons. The highest BCUT2D eigenvalue weighted by molar-refractivity contribution is 8.01. The molecule has 0 radical (unpaired) electrons. The van der Waals surface area contributed by atoms with Gasteiger partial charge in [0.15, 0.2) is 5.83 Å². The second-order valence-corrected chi connectivity index (χ2v) is 5.43. The number of thioether (sulfide) groups is 1. The molecule has 0 spiro atoms. The maximum atomic E-state index is 13.7. The van der Waals surface area contributed by atoms with E-state index in [0.29, 0.717) is 36.6 Å². The van der Waals surface area contributed by atoms with Gasteiger partial charge in [0.1, 0.15) is 0 Å². The normalized spacial score (nSPS) is 26.2. The van der Waals surface area contributed by atoms with Gasteiger partial charge in [0.2, 0.25) is 0 Å². The summed E-state index contributed by atoms with van der Waals surface area (Å²) in [6.07, 6.45) is 3.06. The minimum Gasteiger partial charge on any atom is -0.397 e. The van der Waals surface area contributed by atoms with E-state index in [2.05, 4.69) is 5.32 Å². The molecule has 1 heterocycles. The quantitative estimate of drug-likeness (QED) is 0.612. The van der Waals surface area contributed by atoms with Gasteiger partial charge in [-0.3, -0.25) is 5.41 Å². The van der Waals surface area contributed by atoms with E-state index in [-0.39, 0.29) is 18.4 Å². The third kappa shape index (κ3) is 2.89. The van der Waals surface area contributed by atoms with Crippen LogP contribution >= 0.6 is 11.8 Å². The zero-order valence-electron chi connectivity index (χ0n) is 11.3. The van der Waals surface area contributed by atoms with Crippen LogP contribution in [-0.2, 0) is 0 Å². The van der Waals surface area contributed by atoms with Crippen LogP contribution < -0.4 is 11.1 Å². The highest BCUT2D eigenvalue weighted by Gasteiger charge is 2.29. The predicted octanol–water partition coefficient (Wildman–Crippen LogP) is 0.556. The molecule has 0 bridgehead atoms. The van der Waals surface area contributed by atoms with Crippen molar-refractivity contribution in [3.63, 3.8) is 0 Å². The molecule has 0 aromatic carbocycles. The maximum Gasteiger partial charge on any atom is 0.150 e. The second kappa shape index (κ2) is 6.43. The molecule has 1 unspecified atom stereocenters. The number of piperazine rings is 1. The fourth-order valence-electron chi connectivity index (χ4n) is 2.42. The van der Waals surface area contributed by atoms with Crippen molar-refractivity contribution in [2.45, 2.75) is 6.04 Å². The number of nitrogens with zero attached hydrogens (tertiary/aromatic N) is 1. The first-order valence-electron chi connectivity index (χ1n) is 6.37. The molecule has 5 nitrogen and oxygen atoms in total. The van der Waals surface area contributed by atoms with Gasteiger partial charge in [0, 0.05) is 37.3 Å². The number of nitrogens with two attached hydrogens (primary N) is 1. The maximum absolute atomic E-state index is 13.7. The molecule has 7 heteroatoms. The van der Waals surface area contributed by atoms with Crippen molar-refractivity contribution in [2.24, 2.45) is 5.73 Å². The van der Waals surface area contributed by atoms with Crippen molar-refractivity contribution < 1.29 is 9.50 Å². The molecule has 0 aromatic rings. The Labute approximate surface area is 121 Å². The number of rotatable bonds is 3. The third-order valence-electron chi connectivity index (χ3n) is 3.35. The Morgan fingerprint density at radius 2 is 2.45 bits per heavy atom. The molecule has 20 heavy (non-hydrogen) atoms. The standard InChI is InChI=1S/C13H19FN4OS/c1-20-7-9-12(16)10(14)4-11(15)13(9)18-3-2-17-8(5-18)6-19/h4,7-8,16-17,19H,2-3,5-6,15H2,1H3/b9-7+,16-12?. The summed E-state index contributed by atoms with van der Waals surface area (Å²) in [7, 11) is 0. The van der Waals surface area contributed by atoms with Crippen molar-refractivity contribution in [3.05, 3.63) is 34.3 Å². The summed E-state index contributed by atoms with van der Waals surface area (Å²) in [4.78, 5) is 2.01. The number of hydrogen-bond donors (Lipinski definition) is 4.